The molecule has 3 heteroatoms. The first-order valence-electron chi connectivity index (χ1n) is 7.50. The molecule has 0 unspecified atom stereocenters. The molecule has 0 aromatic heterocycles. The van der Waals surface area contributed by atoms with Crippen LogP contribution in [0.1, 0.15) is 22.3 Å². The molecule has 1 N–H and O–H groups in total. The smallest absolute Gasteiger partial charge is 0.328 e. The number of aliphatic carboxylic acids is 1. The molecule has 1 heterocycles. The summed E-state index contributed by atoms with van der Waals surface area (Å²) in [5.74, 6) is -0.904. The van der Waals surface area contributed by atoms with Gasteiger partial charge in [0, 0.05) is 25.7 Å². The van der Waals surface area contributed by atoms with Crippen molar-refractivity contribution < 1.29 is 9.90 Å². The second kappa shape index (κ2) is 6.58. The van der Waals surface area contributed by atoms with Gasteiger partial charge in [0.05, 0.1) is 0 Å². The number of rotatable bonds is 4. The number of carboxylic acid groups (broad SMARTS) is 1. The zero-order chi connectivity index (χ0) is 15.4. The van der Waals surface area contributed by atoms with Gasteiger partial charge in [-0.2, -0.15) is 0 Å². The van der Waals surface area contributed by atoms with E-state index in [1.165, 1.54) is 22.8 Å². The third-order valence-corrected chi connectivity index (χ3v) is 4.04. The Bertz CT molecular complexity index is 692. The van der Waals surface area contributed by atoms with E-state index >= 15 is 0 Å². The summed E-state index contributed by atoms with van der Waals surface area (Å²) in [7, 11) is 0. The summed E-state index contributed by atoms with van der Waals surface area (Å²) in [5, 5.41) is 8.79. The summed E-state index contributed by atoms with van der Waals surface area (Å²) in [6.45, 7) is 2.87. The number of fused-ring (bicyclic) bond motifs is 1. The van der Waals surface area contributed by atoms with E-state index in [4.69, 9.17) is 5.11 Å². The lowest BCUT2D eigenvalue weighted by molar-refractivity contribution is -0.131. The molecule has 0 saturated carbocycles. The highest BCUT2D eigenvalue weighted by atomic mass is 16.4. The molecule has 0 spiro atoms. The van der Waals surface area contributed by atoms with Crippen molar-refractivity contribution in [2.24, 2.45) is 0 Å². The van der Waals surface area contributed by atoms with Crippen LogP contribution in [0, 0.1) is 0 Å². The Morgan fingerprint density at radius 3 is 2.73 bits per heavy atom. The third kappa shape index (κ3) is 3.43. The largest absolute Gasteiger partial charge is 0.478 e. The molecule has 3 nitrogen and oxygen atoms in total. The Morgan fingerprint density at radius 2 is 1.95 bits per heavy atom. The van der Waals surface area contributed by atoms with E-state index in [1.807, 2.05) is 18.2 Å². The predicted octanol–water partition coefficient (Wildman–Crippen LogP) is 3.34. The van der Waals surface area contributed by atoms with E-state index in [-0.39, 0.29) is 0 Å². The number of carboxylic acids is 1. The number of hydrogen-bond donors (Lipinski definition) is 1. The van der Waals surface area contributed by atoms with Gasteiger partial charge in [-0.1, -0.05) is 48.5 Å². The van der Waals surface area contributed by atoms with Crippen LogP contribution in [0.15, 0.2) is 54.6 Å². The second-order valence-corrected chi connectivity index (χ2v) is 5.60. The van der Waals surface area contributed by atoms with Gasteiger partial charge in [0.15, 0.2) is 0 Å². The van der Waals surface area contributed by atoms with Crippen molar-refractivity contribution in [3.8, 4) is 0 Å². The summed E-state index contributed by atoms with van der Waals surface area (Å²) >= 11 is 0. The molecule has 0 bridgehead atoms. The molecule has 3 rings (SSSR count). The summed E-state index contributed by atoms with van der Waals surface area (Å²) < 4.78 is 0. The van der Waals surface area contributed by atoms with E-state index in [2.05, 4.69) is 35.2 Å². The predicted molar refractivity (Wildman–Crippen MR) is 87.4 cm³/mol. The molecule has 22 heavy (non-hydrogen) atoms. The zero-order valence-corrected chi connectivity index (χ0v) is 12.4. The van der Waals surface area contributed by atoms with Gasteiger partial charge in [-0.15, -0.1) is 0 Å². The molecule has 0 atom stereocenters. The average molecular weight is 293 g/mol. The maximum absolute atomic E-state index is 10.7. The van der Waals surface area contributed by atoms with Crippen molar-refractivity contribution in [1.82, 2.24) is 4.90 Å². The van der Waals surface area contributed by atoms with Crippen LogP contribution in [-0.2, 0) is 24.3 Å². The highest BCUT2D eigenvalue weighted by molar-refractivity contribution is 5.85. The molecule has 1 aliphatic rings. The molecule has 1 aliphatic heterocycles. The van der Waals surface area contributed by atoms with Gasteiger partial charge in [-0.3, -0.25) is 4.90 Å². The first-order chi connectivity index (χ1) is 10.7. The number of benzene rings is 2. The molecule has 0 fully saturated rings. The fraction of sp³-hybridized carbons (Fsp3) is 0.211. The van der Waals surface area contributed by atoms with Crippen LogP contribution in [0.2, 0.25) is 0 Å². The molecule has 112 valence electrons. The molecule has 2 aromatic carbocycles. The summed E-state index contributed by atoms with van der Waals surface area (Å²) in [6, 6.07) is 16.6. The molecule has 0 amide bonds. The molecule has 0 radical (unpaired) electrons. The van der Waals surface area contributed by atoms with E-state index in [9.17, 15) is 4.79 Å². The quantitative estimate of drug-likeness (QED) is 0.879. The molecular weight excluding hydrogens is 274 g/mol. The van der Waals surface area contributed by atoms with Crippen molar-refractivity contribution in [3.05, 3.63) is 76.9 Å². The lowest BCUT2D eigenvalue weighted by Crippen LogP contribution is -2.30. The standard InChI is InChI=1S/C19H19NO2/c21-19(22)10-9-16-7-4-8-17-14-20(12-11-18(16)17)13-15-5-2-1-3-6-15/h1-10H,11-14H2,(H,21,22)/b10-9+. The zero-order valence-electron chi connectivity index (χ0n) is 12.4. The summed E-state index contributed by atoms with van der Waals surface area (Å²) in [4.78, 5) is 13.1. The minimum Gasteiger partial charge on any atom is -0.478 e. The van der Waals surface area contributed by atoms with Crippen molar-refractivity contribution in [2.75, 3.05) is 6.54 Å². The number of nitrogens with zero attached hydrogens (tertiary/aromatic N) is 1. The van der Waals surface area contributed by atoms with E-state index < -0.39 is 5.97 Å². The fourth-order valence-corrected chi connectivity index (χ4v) is 2.99. The summed E-state index contributed by atoms with van der Waals surface area (Å²) in [6.07, 6.45) is 3.88. The van der Waals surface area contributed by atoms with Gasteiger partial charge < -0.3 is 5.11 Å². The molecular formula is C19H19NO2. The molecule has 0 aliphatic carbocycles. The Hall–Kier alpha value is -2.39. The van der Waals surface area contributed by atoms with Crippen LogP contribution in [0.3, 0.4) is 0 Å². The number of hydrogen-bond acceptors (Lipinski definition) is 2. The average Bonchev–Trinajstić information content (AvgIpc) is 2.53. The van der Waals surface area contributed by atoms with Gasteiger partial charge >= 0.3 is 5.97 Å². The van der Waals surface area contributed by atoms with Crippen LogP contribution in [-0.4, -0.2) is 22.5 Å². The van der Waals surface area contributed by atoms with Crippen molar-refractivity contribution >= 4 is 12.0 Å². The van der Waals surface area contributed by atoms with Crippen LogP contribution in [0.5, 0.6) is 0 Å². The van der Waals surface area contributed by atoms with Crippen LogP contribution >= 0.6 is 0 Å². The Balaban J connectivity index is 1.76. The van der Waals surface area contributed by atoms with Crippen molar-refractivity contribution in [3.63, 3.8) is 0 Å². The van der Waals surface area contributed by atoms with E-state index in [0.717, 1.165) is 31.6 Å². The lowest BCUT2D eigenvalue weighted by Gasteiger charge is -2.29. The van der Waals surface area contributed by atoms with Gasteiger partial charge in [0.25, 0.3) is 0 Å². The van der Waals surface area contributed by atoms with Crippen molar-refractivity contribution in [1.29, 1.82) is 0 Å². The maximum Gasteiger partial charge on any atom is 0.328 e. The van der Waals surface area contributed by atoms with E-state index in [0.29, 0.717) is 0 Å². The summed E-state index contributed by atoms with van der Waals surface area (Å²) in [5.41, 5.74) is 4.94. The number of carbonyl (C=O) groups is 1. The maximum atomic E-state index is 10.7. The van der Waals surface area contributed by atoms with Crippen LogP contribution < -0.4 is 0 Å². The van der Waals surface area contributed by atoms with Gasteiger partial charge in [-0.05, 0) is 34.8 Å². The topological polar surface area (TPSA) is 40.5 Å². The Kier molecular flexibility index (Phi) is 4.35. The van der Waals surface area contributed by atoms with Gasteiger partial charge in [-0.25, -0.2) is 4.79 Å². The first kappa shape index (κ1) is 14.5. The minimum atomic E-state index is -0.904. The van der Waals surface area contributed by atoms with Crippen LogP contribution in [0.4, 0.5) is 0 Å². The normalized spacial score (nSPS) is 14.9. The first-order valence-corrected chi connectivity index (χ1v) is 7.50. The fourth-order valence-electron chi connectivity index (χ4n) is 2.99. The van der Waals surface area contributed by atoms with Crippen LogP contribution in [0.25, 0.3) is 6.08 Å². The lowest BCUT2D eigenvalue weighted by atomic mass is 9.94. The third-order valence-electron chi connectivity index (χ3n) is 4.04. The minimum absolute atomic E-state index is 0.904. The molecule has 0 saturated heterocycles. The Morgan fingerprint density at radius 1 is 1.14 bits per heavy atom. The highest BCUT2D eigenvalue weighted by Gasteiger charge is 2.17. The second-order valence-electron chi connectivity index (χ2n) is 5.60. The SMILES string of the molecule is O=C(O)/C=C/c1cccc2c1CCN(Cc1ccccc1)C2. The van der Waals surface area contributed by atoms with Crippen molar-refractivity contribution in [2.45, 2.75) is 19.5 Å². The monoisotopic (exact) mass is 293 g/mol. The van der Waals surface area contributed by atoms with Gasteiger partial charge in [0.1, 0.15) is 0 Å². The van der Waals surface area contributed by atoms with E-state index in [1.54, 1.807) is 6.08 Å². The highest BCUT2D eigenvalue weighted by Crippen LogP contribution is 2.24. The van der Waals surface area contributed by atoms with Gasteiger partial charge in [0.2, 0.25) is 0 Å². The molecule has 2 aromatic rings. The Labute approximate surface area is 130 Å².